The van der Waals surface area contributed by atoms with Crippen LogP contribution in [0, 0.1) is 11.3 Å². The lowest BCUT2D eigenvalue weighted by Crippen LogP contribution is -2.09. The van der Waals surface area contributed by atoms with Crippen molar-refractivity contribution in [3.05, 3.63) is 22.9 Å². The second kappa shape index (κ2) is 4.66. The van der Waals surface area contributed by atoms with Crippen LogP contribution in [-0.4, -0.2) is 4.98 Å². The molecule has 0 unspecified atom stereocenters. The van der Waals surface area contributed by atoms with E-state index in [1.54, 1.807) is 0 Å². The average molecular weight is 212 g/mol. The lowest BCUT2D eigenvalue weighted by Gasteiger charge is -2.09. The zero-order valence-electron chi connectivity index (χ0n) is 7.87. The van der Waals surface area contributed by atoms with Crippen molar-refractivity contribution in [3.8, 4) is 6.07 Å². The van der Waals surface area contributed by atoms with Gasteiger partial charge in [0.2, 0.25) is 0 Å². The van der Waals surface area contributed by atoms with Gasteiger partial charge in [-0.3, -0.25) is 0 Å². The molecule has 1 rings (SSSR count). The van der Waals surface area contributed by atoms with Crippen LogP contribution in [0.25, 0.3) is 0 Å². The summed E-state index contributed by atoms with van der Waals surface area (Å²) in [4.78, 5) is 3.52. The molecular formula is C9H10F2N4. The standard InChI is InChI=1S/C9H10F2N4/c10-8(11)7-3-5(1-2-12)6(4-13)9(14)15-7/h3,8H,1,4,13H2,(H2,14,15). The fourth-order valence-electron chi connectivity index (χ4n) is 1.26. The predicted molar refractivity (Wildman–Crippen MR) is 50.8 cm³/mol. The number of hydrogen-bond donors (Lipinski definition) is 2. The summed E-state index contributed by atoms with van der Waals surface area (Å²) < 4.78 is 24.7. The van der Waals surface area contributed by atoms with Crippen LogP contribution in [0.3, 0.4) is 0 Å². The minimum atomic E-state index is -2.70. The average Bonchev–Trinajstić information content (AvgIpc) is 2.17. The molecule has 0 amide bonds. The van der Waals surface area contributed by atoms with Crippen LogP contribution in [0.4, 0.5) is 14.6 Å². The molecule has 4 N–H and O–H groups in total. The third-order valence-electron chi connectivity index (χ3n) is 1.97. The van der Waals surface area contributed by atoms with E-state index in [2.05, 4.69) is 4.98 Å². The van der Waals surface area contributed by atoms with Crippen molar-refractivity contribution >= 4 is 5.82 Å². The lowest BCUT2D eigenvalue weighted by atomic mass is 10.1. The molecule has 1 aromatic heterocycles. The molecule has 80 valence electrons. The Morgan fingerprint density at radius 2 is 2.20 bits per heavy atom. The van der Waals surface area contributed by atoms with Gasteiger partial charge in [-0.05, 0) is 11.6 Å². The molecule has 0 bridgehead atoms. The molecule has 0 saturated carbocycles. The third-order valence-corrected chi connectivity index (χ3v) is 1.97. The number of pyridine rings is 1. The summed E-state index contributed by atoms with van der Waals surface area (Å²) in [6.45, 7) is 0.0827. The fraction of sp³-hybridized carbons (Fsp3) is 0.333. The van der Waals surface area contributed by atoms with E-state index in [9.17, 15) is 8.78 Å². The molecule has 0 spiro atoms. The number of aromatic nitrogens is 1. The summed E-state index contributed by atoms with van der Waals surface area (Å²) in [5, 5.41) is 8.52. The van der Waals surface area contributed by atoms with E-state index in [4.69, 9.17) is 16.7 Å². The van der Waals surface area contributed by atoms with Crippen molar-refractivity contribution in [2.75, 3.05) is 5.73 Å². The number of alkyl halides is 2. The van der Waals surface area contributed by atoms with Gasteiger partial charge in [-0.15, -0.1) is 0 Å². The van der Waals surface area contributed by atoms with Crippen LogP contribution in [-0.2, 0) is 13.0 Å². The van der Waals surface area contributed by atoms with E-state index in [1.807, 2.05) is 6.07 Å². The van der Waals surface area contributed by atoms with E-state index in [-0.39, 0.29) is 18.8 Å². The Morgan fingerprint density at radius 3 is 2.67 bits per heavy atom. The number of halogens is 2. The van der Waals surface area contributed by atoms with Gasteiger partial charge in [0.05, 0.1) is 12.5 Å². The number of nitrogens with zero attached hydrogens (tertiary/aromatic N) is 2. The fourth-order valence-corrected chi connectivity index (χ4v) is 1.26. The van der Waals surface area contributed by atoms with Crippen molar-refractivity contribution in [2.24, 2.45) is 5.73 Å². The minimum absolute atomic E-state index is 0.00102. The topological polar surface area (TPSA) is 88.7 Å². The molecule has 6 heteroatoms. The van der Waals surface area contributed by atoms with Gasteiger partial charge in [-0.25, -0.2) is 13.8 Å². The van der Waals surface area contributed by atoms with E-state index >= 15 is 0 Å². The van der Waals surface area contributed by atoms with Crippen LogP contribution < -0.4 is 11.5 Å². The Labute approximate surface area is 85.5 Å². The molecule has 1 aromatic rings. The largest absolute Gasteiger partial charge is 0.383 e. The van der Waals surface area contributed by atoms with Crippen LogP contribution in [0.1, 0.15) is 23.2 Å². The Hall–Kier alpha value is -1.74. The summed E-state index contributed by atoms with van der Waals surface area (Å²) in [6, 6.07) is 3.04. The smallest absolute Gasteiger partial charge is 0.280 e. The number of nitriles is 1. The van der Waals surface area contributed by atoms with Gasteiger partial charge in [0.1, 0.15) is 11.5 Å². The highest BCUT2D eigenvalue weighted by Crippen LogP contribution is 2.23. The van der Waals surface area contributed by atoms with E-state index in [0.29, 0.717) is 11.1 Å². The first-order chi connectivity index (χ1) is 7.10. The van der Waals surface area contributed by atoms with Crippen molar-refractivity contribution in [3.63, 3.8) is 0 Å². The molecule has 0 atom stereocenters. The zero-order chi connectivity index (χ0) is 11.4. The maximum atomic E-state index is 12.4. The monoisotopic (exact) mass is 212 g/mol. The van der Waals surface area contributed by atoms with Crippen molar-refractivity contribution in [2.45, 2.75) is 19.4 Å². The number of anilines is 1. The van der Waals surface area contributed by atoms with E-state index in [1.165, 1.54) is 6.07 Å². The SMILES string of the molecule is N#CCc1cc(C(F)F)nc(N)c1CN. The van der Waals surface area contributed by atoms with Gasteiger partial charge < -0.3 is 11.5 Å². The van der Waals surface area contributed by atoms with Crippen LogP contribution >= 0.6 is 0 Å². The van der Waals surface area contributed by atoms with Gasteiger partial charge in [0.25, 0.3) is 6.43 Å². The number of rotatable bonds is 3. The first kappa shape index (κ1) is 11.3. The Kier molecular flexibility index (Phi) is 3.52. The van der Waals surface area contributed by atoms with Gasteiger partial charge in [0, 0.05) is 12.1 Å². The van der Waals surface area contributed by atoms with Crippen molar-refractivity contribution in [1.82, 2.24) is 4.98 Å². The predicted octanol–water partition coefficient (Wildman–Crippen LogP) is 1.13. The van der Waals surface area contributed by atoms with Gasteiger partial charge in [-0.1, -0.05) is 0 Å². The Balaban J connectivity index is 3.26. The second-order valence-electron chi connectivity index (χ2n) is 2.91. The van der Waals surface area contributed by atoms with Crippen molar-refractivity contribution < 1.29 is 8.78 Å². The first-order valence-electron chi connectivity index (χ1n) is 4.23. The van der Waals surface area contributed by atoms with Crippen LogP contribution in [0.2, 0.25) is 0 Å². The number of nitrogens with two attached hydrogens (primary N) is 2. The molecule has 0 aliphatic heterocycles. The Morgan fingerprint density at radius 1 is 1.53 bits per heavy atom. The number of nitrogen functional groups attached to an aromatic ring is 1. The molecule has 0 saturated heterocycles. The highest BCUT2D eigenvalue weighted by Gasteiger charge is 2.14. The zero-order valence-corrected chi connectivity index (χ0v) is 7.87. The molecule has 0 fully saturated rings. The molecule has 15 heavy (non-hydrogen) atoms. The molecular weight excluding hydrogens is 202 g/mol. The highest BCUT2D eigenvalue weighted by atomic mass is 19.3. The van der Waals surface area contributed by atoms with Gasteiger partial charge in [0.15, 0.2) is 0 Å². The maximum absolute atomic E-state index is 12.4. The van der Waals surface area contributed by atoms with E-state index < -0.39 is 12.1 Å². The van der Waals surface area contributed by atoms with Gasteiger partial charge in [-0.2, -0.15) is 5.26 Å². The maximum Gasteiger partial charge on any atom is 0.280 e. The first-order valence-corrected chi connectivity index (χ1v) is 4.23. The van der Waals surface area contributed by atoms with E-state index in [0.717, 1.165) is 0 Å². The highest BCUT2D eigenvalue weighted by molar-refractivity contribution is 5.47. The molecule has 0 aliphatic carbocycles. The minimum Gasteiger partial charge on any atom is -0.383 e. The quantitative estimate of drug-likeness (QED) is 0.785. The number of hydrogen-bond acceptors (Lipinski definition) is 4. The third kappa shape index (κ3) is 2.39. The van der Waals surface area contributed by atoms with Crippen LogP contribution in [0.15, 0.2) is 6.07 Å². The summed E-state index contributed by atoms with van der Waals surface area (Å²) in [7, 11) is 0. The molecule has 0 radical (unpaired) electrons. The summed E-state index contributed by atoms with van der Waals surface area (Å²) in [5.74, 6) is -0.0273. The van der Waals surface area contributed by atoms with Gasteiger partial charge >= 0.3 is 0 Å². The molecule has 0 aromatic carbocycles. The summed E-state index contributed by atoms with van der Waals surface area (Å²) >= 11 is 0. The summed E-state index contributed by atoms with van der Waals surface area (Å²) in [5.41, 5.74) is 11.3. The second-order valence-corrected chi connectivity index (χ2v) is 2.91. The van der Waals surface area contributed by atoms with Crippen LogP contribution in [0.5, 0.6) is 0 Å². The lowest BCUT2D eigenvalue weighted by molar-refractivity contribution is 0.146. The molecule has 0 aliphatic rings. The molecule has 1 heterocycles. The normalized spacial score (nSPS) is 10.3. The molecule has 4 nitrogen and oxygen atoms in total. The Bertz CT molecular complexity index is 398. The summed E-state index contributed by atoms with van der Waals surface area (Å²) in [6.07, 6.45) is -2.70. The van der Waals surface area contributed by atoms with Crippen molar-refractivity contribution in [1.29, 1.82) is 5.26 Å².